The lowest BCUT2D eigenvalue weighted by Gasteiger charge is -2.38. The molecule has 1 amide bonds. The normalized spacial score (nSPS) is 18.5. The third kappa shape index (κ3) is 6.70. The van der Waals surface area contributed by atoms with Crippen molar-refractivity contribution in [2.75, 3.05) is 31.5 Å². The van der Waals surface area contributed by atoms with Crippen LogP contribution in [0.2, 0.25) is 5.02 Å². The SMILES string of the molecule is C[C@@H]1CN([C@@H](C)CO)C(=O)c2cccc(NS(=O)(=O)c3ccc(F)cc3)c2O[C@H]1CN(C)S(=O)(=O)c1ccc(Cl)cc1. The molecule has 1 aliphatic rings. The minimum atomic E-state index is -4.23. The summed E-state index contributed by atoms with van der Waals surface area (Å²) in [5.41, 5.74) is -0.0428. The minimum absolute atomic E-state index is 0.0201. The molecule has 10 nitrogen and oxygen atoms in total. The maximum absolute atomic E-state index is 13.7. The van der Waals surface area contributed by atoms with Gasteiger partial charge in [-0.15, -0.1) is 0 Å². The molecule has 0 unspecified atom stereocenters. The number of para-hydroxylation sites is 1. The summed E-state index contributed by atoms with van der Waals surface area (Å²) < 4.78 is 76.3. The lowest BCUT2D eigenvalue weighted by molar-refractivity contribution is 0.0389. The van der Waals surface area contributed by atoms with Crippen LogP contribution in [-0.2, 0) is 20.0 Å². The molecular weight excluding hydrogens is 609 g/mol. The Morgan fingerprint density at radius 3 is 2.31 bits per heavy atom. The number of ether oxygens (including phenoxy) is 1. The number of amides is 1. The van der Waals surface area contributed by atoms with Gasteiger partial charge in [0, 0.05) is 24.5 Å². The van der Waals surface area contributed by atoms with Gasteiger partial charge in [0.25, 0.3) is 15.9 Å². The quantitative estimate of drug-likeness (QED) is 0.364. The molecule has 3 aromatic rings. The smallest absolute Gasteiger partial charge is 0.262 e. The van der Waals surface area contributed by atoms with Crippen LogP contribution < -0.4 is 9.46 Å². The number of aliphatic hydroxyl groups excluding tert-OH is 1. The number of fused-ring (bicyclic) bond motifs is 1. The number of hydrogen-bond donors (Lipinski definition) is 2. The third-order valence-corrected chi connectivity index (χ3v) is 10.5. The van der Waals surface area contributed by atoms with Crippen LogP contribution in [0, 0.1) is 11.7 Å². The number of nitrogens with zero attached hydrogens (tertiary/aromatic N) is 2. The summed E-state index contributed by atoms with van der Waals surface area (Å²) in [4.78, 5) is 14.9. The first-order valence-electron chi connectivity index (χ1n) is 13.0. The van der Waals surface area contributed by atoms with Gasteiger partial charge in [-0.3, -0.25) is 9.52 Å². The minimum Gasteiger partial charge on any atom is -0.486 e. The molecule has 0 bridgehead atoms. The molecule has 0 spiro atoms. The molecule has 3 atom stereocenters. The maximum atomic E-state index is 13.7. The van der Waals surface area contributed by atoms with E-state index in [0.29, 0.717) is 5.02 Å². The van der Waals surface area contributed by atoms with E-state index in [1.807, 2.05) is 0 Å². The van der Waals surface area contributed by atoms with Crippen molar-refractivity contribution in [3.8, 4) is 5.75 Å². The zero-order chi connectivity index (χ0) is 30.8. The lowest BCUT2D eigenvalue weighted by Crippen LogP contribution is -2.50. The summed E-state index contributed by atoms with van der Waals surface area (Å²) in [7, 11) is -6.81. The Kier molecular flexibility index (Phi) is 9.48. The summed E-state index contributed by atoms with van der Waals surface area (Å²) in [6.45, 7) is 3.08. The molecule has 3 aromatic carbocycles. The number of anilines is 1. The van der Waals surface area contributed by atoms with Crippen LogP contribution in [0.5, 0.6) is 5.75 Å². The highest BCUT2D eigenvalue weighted by molar-refractivity contribution is 7.92. The average molecular weight is 640 g/mol. The molecule has 0 saturated carbocycles. The van der Waals surface area contributed by atoms with Crippen molar-refractivity contribution in [2.24, 2.45) is 5.92 Å². The number of likely N-dealkylation sites (N-methyl/N-ethyl adjacent to an activating group) is 1. The van der Waals surface area contributed by atoms with Crippen LogP contribution in [-0.4, -0.2) is 75.9 Å². The Balaban J connectivity index is 1.76. The molecule has 42 heavy (non-hydrogen) atoms. The van der Waals surface area contributed by atoms with Crippen molar-refractivity contribution in [1.82, 2.24) is 9.21 Å². The van der Waals surface area contributed by atoms with Crippen molar-refractivity contribution >= 4 is 43.2 Å². The molecule has 0 radical (unpaired) electrons. The fraction of sp³-hybridized carbons (Fsp3) is 0.321. The zero-order valence-electron chi connectivity index (χ0n) is 23.1. The summed E-state index contributed by atoms with van der Waals surface area (Å²) in [5, 5.41) is 10.3. The second kappa shape index (κ2) is 12.6. The lowest BCUT2D eigenvalue weighted by atomic mass is 9.99. The molecule has 226 valence electrons. The van der Waals surface area contributed by atoms with Gasteiger partial charge in [-0.25, -0.2) is 21.2 Å². The van der Waals surface area contributed by atoms with Gasteiger partial charge < -0.3 is 14.7 Å². The van der Waals surface area contributed by atoms with Crippen LogP contribution >= 0.6 is 11.6 Å². The first kappa shape index (κ1) is 31.7. The Hall–Kier alpha value is -3.23. The topological polar surface area (TPSA) is 133 Å². The number of nitrogens with one attached hydrogen (secondary N) is 1. The Labute approximate surface area is 249 Å². The molecule has 1 heterocycles. The van der Waals surface area contributed by atoms with Gasteiger partial charge in [0.2, 0.25) is 10.0 Å². The van der Waals surface area contributed by atoms with E-state index in [1.165, 1.54) is 54.4 Å². The fourth-order valence-electron chi connectivity index (χ4n) is 4.50. The molecule has 0 aliphatic carbocycles. The van der Waals surface area contributed by atoms with E-state index in [9.17, 15) is 31.1 Å². The summed E-state index contributed by atoms with van der Waals surface area (Å²) >= 11 is 5.92. The van der Waals surface area contributed by atoms with Crippen LogP contribution in [0.3, 0.4) is 0 Å². The molecule has 0 fully saturated rings. The van der Waals surface area contributed by atoms with Crippen LogP contribution in [0.15, 0.2) is 76.5 Å². The van der Waals surface area contributed by atoms with E-state index in [2.05, 4.69) is 4.72 Å². The van der Waals surface area contributed by atoms with Gasteiger partial charge >= 0.3 is 0 Å². The van der Waals surface area contributed by atoms with E-state index in [4.69, 9.17) is 16.3 Å². The van der Waals surface area contributed by atoms with Gasteiger partial charge in [-0.2, -0.15) is 4.31 Å². The van der Waals surface area contributed by atoms with Gasteiger partial charge in [-0.1, -0.05) is 24.6 Å². The average Bonchev–Trinajstić information content (AvgIpc) is 2.95. The molecule has 0 saturated heterocycles. The number of aliphatic hydroxyl groups is 1. The highest BCUT2D eigenvalue weighted by atomic mass is 35.5. The number of benzene rings is 3. The maximum Gasteiger partial charge on any atom is 0.262 e. The van der Waals surface area contributed by atoms with E-state index in [1.54, 1.807) is 13.8 Å². The molecule has 0 aromatic heterocycles. The van der Waals surface area contributed by atoms with E-state index in [0.717, 1.165) is 28.6 Å². The van der Waals surface area contributed by atoms with E-state index in [-0.39, 0.29) is 46.5 Å². The summed E-state index contributed by atoms with van der Waals surface area (Å²) in [6.07, 6.45) is -0.853. The molecule has 2 N–H and O–H groups in total. The molecule has 14 heteroatoms. The number of sulfonamides is 2. The van der Waals surface area contributed by atoms with Crippen LogP contribution in [0.4, 0.5) is 10.1 Å². The Morgan fingerprint density at radius 1 is 1.07 bits per heavy atom. The van der Waals surface area contributed by atoms with Gasteiger partial charge in [-0.05, 0) is 67.6 Å². The number of rotatable bonds is 9. The number of hydrogen-bond acceptors (Lipinski definition) is 7. The molecule has 4 rings (SSSR count). The predicted octanol–water partition coefficient (Wildman–Crippen LogP) is 3.82. The standard InChI is InChI=1S/C28H31ClFN3O7S2/c1-18-15-33(19(2)17-34)28(35)24-5-4-6-25(31-41(36,37)22-13-9-21(30)10-14-22)27(24)40-26(18)16-32(3)42(38,39)23-11-7-20(29)8-12-23/h4-14,18-19,26,31,34H,15-17H2,1-3H3/t18-,19+,26+/m1/s1. The molecule has 1 aliphatic heterocycles. The number of carbonyl (C=O) groups is 1. The van der Waals surface area contributed by atoms with Crippen molar-refractivity contribution in [1.29, 1.82) is 0 Å². The van der Waals surface area contributed by atoms with Crippen LogP contribution in [0.25, 0.3) is 0 Å². The highest BCUT2D eigenvalue weighted by Gasteiger charge is 2.36. The zero-order valence-corrected chi connectivity index (χ0v) is 25.5. The fourth-order valence-corrected chi connectivity index (χ4v) is 6.87. The van der Waals surface area contributed by atoms with E-state index < -0.39 is 49.8 Å². The van der Waals surface area contributed by atoms with Gasteiger partial charge in [0.1, 0.15) is 11.9 Å². The monoisotopic (exact) mass is 639 g/mol. The second-order valence-corrected chi connectivity index (χ2v) is 14.3. The first-order valence-corrected chi connectivity index (χ1v) is 16.3. The summed E-state index contributed by atoms with van der Waals surface area (Å²) in [6, 6.07) is 13.7. The second-order valence-electron chi connectivity index (χ2n) is 10.1. The van der Waals surface area contributed by atoms with Crippen molar-refractivity contribution in [3.05, 3.63) is 83.1 Å². The number of carbonyl (C=O) groups excluding carboxylic acids is 1. The van der Waals surface area contributed by atoms with Crippen LogP contribution in [0.1, 0.15) is 24.2 Å². The Morgan fingerprint density at radius 2 is 1.69 bits per heavy atom. The first-order chi connectivity index (χ1) is 19.7. The van der Waals surface area contributed by atoms with Crippen molar-refractivity contribution < 1.29 is 35.9 Å². The van der Waals surface area contributed by atoms with E-state index >= 15 is 0 Å². The van der Waals surface area contributed by atoms with Crippen molar-refractivity contribution in [2.45, 2.75) is 35.8 Å². The number of halogens is 2. The predicted molar refractivity (Wildman–Crippen MR) is 156 cm³/mol. The van der Waals surface area contributed by atoms with Gasteiger partial charge in [0.05, 0.1) is 40.2 Å². The third-order valence-electron chi connectivity index (χ3n) is 7.02. The summed E-state index contributed by atoms with van der Waals surface area (Å²) in [5.74, 6) is -1.67. The highest BCUT2D eigenvalue weighted by Crippen LogP contribution is 2.36. The largest absolute Gasteiger partial charge is 0.486 e. The van der Waals surface area contributed by atoms with Gasteiger partial charge in [0.15, 0.2) is 5.75 Å². The molecular formula is C28H31ClFN3O7S2. The Bertz CT molecular complexity index is 1650. The van der Waals surface area contributed by atoms with Crippen molar-refractivity contribution in [3.63, 3.8) is 0 Å².